The van der Waals surface area contributed by atoms with Crippen LogP contribution in [0.4, 0.5) is 0 Å². The van der Waals surface area contributed by atoms with Crippen molar-refractivity contribution in [3.8, 4) is 0 Å². The first kappa shape index (κ1) is 21.8. The van der Waals surface area contributed by atoms with Crippen molar-refractivity contribution < 1.29 is 24.3 Å². The van der Waals surface area contributed by atoms with Crippen molar-refractivity contribution in [1.29, 1.82) is 0 Å². The second-order valence-corrected chi connectivity index (χ2v) is 8.38. The summed E-state index contributed by atoms with van der Waals surface area (Å²) in [5.74, 6) is -1.58. The number of hydrogen-bond donors (Lipinski definition) is 2. The minimum absolute atomic E-state index is 0.0395. The van der Waals surface area contributed by atoms with E-state index in [1.807, 2.05) is 37.3 Å². The third-order valence-electron chi connectivity index (χ3n) is 5.85. The van der Waals surface area contributed by atoms with Crippen LogP contribution in [0.5, 0.6) is 0 Å². The highest BCUT2D eigenvalue weighted by molar-refractivity contribution is 6.05. The number of hydrogen-bond acceptors (Lipinski definition) is 5. The predicted octanol–water partition coefficient (Wildman–Crippen LogP) is 2.11. The molecule has 30 heavy (non-hydrogen) atoms. The average molecular weight is 409 g/mol. The lowest BCUT2D eigenvalue weighted by atomic mass is 9.83. The van der Waals surface area contributed by atoms with Gasteiger partial charge in [0, 0.05) is 29.7 Å². The van der Waals surface area contributed by atoms with Gasteiger partial charge in [0.05, 0.1) is 6.61 Å². The van der Waals surface area contributed by atoms with Crippen molar-refractivity contribution in [1.82, 2.24) is 5.32 Å². The van der Waals surface area contributed by atoms with Crippen LogP contribution in [0.1, 0.15) is 38.2 Å². The van der Waals surface area contributed by atoms with Crippen LogP contribution in [0.25, 0.3) is 0 Å². The van der Waals surface area contributed by atoms with Crippen LogP contribution in [0.3, 0.4) is 0 Å². The summed E-state index contributed by atoms with van der Waals surface area (Å²) in [5, 5.41) is 12.2. The zero-order chi connectivity index (χ0) is 21.7. The van der Waals surface area contributed by atoms with Gasteiger partial charge in [-0.05, 0) is 30.9 Å². The molecule has 6 heteroatoms. The van der Waals surface area contributed by atoms with E-state index >= 15 is 0 Å². The van der Waals surface area contributed by atoms with E-state index in [0.717, 1.165) is 18.4 Å². The number of Topliss-reactive ketones (excluding diaryl/α,β-unsaturated/α-hetero) is 2. The van der Waals surface area contributed by atoms with E-state index in [0.29, 0.717) is 6.42 Å². The molecule has 2 aliphatic rings. The van der Waals surface area contributed by atoms with E-state index < -0.39 is 24.5 Å². The van der Waals surface area contributed by atoms with Gasteiger partial charge in [-0.25, -0.2) is 0 Å². The highest BCUT2D eigenvalue weighted by Crippen LogP contribution is 2.48. The molecule has 0 heterocycles. The fourth-order valence-electron chi connectivity index (χ4n) is 3.68. The van der Waals surface area contributed by atoms with Crippen molar-refractivity contribution in [3.05, 3.63) is 59.7 Å². The molecule has 1 aromatic rings. The van der Waals surface area contributed by atoms with Crippen LogP contribution >= 0.6 is 0 Å². The molecule has 1 aromatic carbocycles. The lowest BCUT2D eigenvalue weighted by molar-refractivity contribution is -0.133. The first-order valence-corrected chi connectivity index (χ1v) is 10.2. The number of aliphatic hydroxyl groups excluding tert-OH is 1. The van der Waals surface area contributed by atoms with Gasteiger partial charge < -0.3 is 10.4 Å². The normalized spacial score (nSPS) is 18.9. The first-order valence-electron chi connectivity index (χ1n) is 10.2. The van der Waals surface area contributed by atoms with Gasteiger partial charge in [0.25, 0.3) is 0 Å². The van der Waals surface area contributed by atoms with E-state index in [4.69, 9.17) is 0 Å². The topological polar surface area (TPSA) is 101 Å². The van der Waals surface area contributed by atoms with E-state index in [2.05, 4.69) is 5.32 Å². The van der Waals surface area contributed by atoms with Crippen molar-refractivity contribution >= 4 is 23.3 Å². The second-order valence-electron chi connectivity index (χ2n) is 8.38. The standard InChI is InChI=1S/C24H27NO5/c1-24(10-11-24)22(29)18(12-16-6-3-2-4-7-16)14-21(28)20(15-26)25-23(30)17-8-5-9-19(27)13-17/h2-9,18,20,26H,10-15H2,1H3,(H,25,30). The Bertz CT molecular complexity index is 895. The maximum absolute atomic E-state index is 13.0. The first-order chi connectivity index (χ1) is 14.3. The molecule has 0 aromatic heterocycles. The third kappa shape index (κ3) is 5.39. The van der Waals surface area contributed by atoms with Gasteiger partial charge in [0.15, 0.2) is 11.6 Å². The second kappa shape index (κ2) is 9.30. The molecule has 2 N–H and O–H groups in total. The molecule has 2 aliphatic carbocycles. The number of amides is 1. The van der Waals surface area contributed by atoms with Gasteiger partial charge >= 0.3 is 0 Å². The molecule has 1 saturated carbocycles. The van der Waals surface area contributed by atoms with E-state index in [1.54, 1.807) is 0 Å². The summed E-state index contributed by atoms with van der Waals surface area (Å²) >= 11 is 0. The molecule has 3 rings (SSSR count). The molecule has 158 valence electrons. The number of nitrogens with one attached hydrogen (secondary N) is 1. The summed E-state index contributed by atoms with van der Waals surface area (Å²) in [6.07, 6.45) is 6.38. The highest BCUT2D eigenvalue weighted by Gasteiger charge is 2.47. The van der Waals surface area contributed by atoms with Gasteiger partial charge in [0.1, 0.15) is 11.8 Å². The fraction of sp³-hybridized carbons (Fsp3) is 0.417. The maximum Gasteiger partial charge on any atom is 0.248 e. The van der Waals surface area contributed by atoms with E-state index in [-0.39, 0.29) is 41.2 Å². The van der Waals surface area contributed by atoms with Crippen molar-refractivity contribution in [2.45, 2.75) is 45.1 Å². The fourth-order valence-corrected chi connectivity index (χ4v) is 3.68. The molecule has 0 aliphatic heterocycles. The molecule has 0 saturated heterocycles. The largest absolute Gasteiger partial charge is 0.394 e. The number of ketones is 3. The van der Waals surface area contributed by atoms with Crippen LogP contribution in [0.15, 0.2) is 54.1 Å². The number of benzene rings is 1. The molecule has 0 radical (unpaired) electrons. The Morgan fingerprint density at radius 1 is 1.17 bits per heavy atom. The third-order valence-corrected chi connectivity index (χ3v) is 5.85. The van der Waals surface area contributed by atoms with Gasteiger partial charge in [-0.1, -0.05) is 49.4 Å². The number of carbonyl (C=O) groups is 4. The Balaban J connectivity index is 1.69. The molecular formula is C24H27NO5. The van der Waals surface area contributed by atoms with Crippen LogP contribution in [0, 0.1) is 11.3 Å². The Hall–Kier alpha value is -2.86. The minimum atomic E-state index is -1.11. The number of allylic oxidation sites excluding steroid dienone is 3. The Kier molecular flexibility index (Phi) is 6.77. The zero-order valence-electron chi connectivity index (χ0n) is 17.1. The van der Waals surface area contributed by atoms with E-state index in [1.165, 1.54) is 18.2 Å². The molecule has 1 fully saturated rings. The van der Waals surface area contributed by atoms with E-state index in [9.17, 15) is 24.3 Å². The summed E-state index contributed by atoms with van der Waals surface area (Å²) in [7, 11) is 0. The SMILES string of the molecule is CC1(C(=O)C(CC(=O)C(CO)NC(=O)C2=CC=CC(=O)C2)Cc2ccccc2)CC1. The minimum Gasteiger partial charge on any atom is -0.394 e. The predicted molar refractivity (Wildman–Crippen MR) is 111 cm³/mol. The van der Waals surface area contributed by atoms with Gasteiger partial charge in [-0.3, -0.25) is 19.2 Å². The van der Waals surface area contributed by atoms with Crippen LogP contribution in [0.2, 0.25) is 0 Å². The smallest absolute Gasteiger partial charge is 0.248 e. The number of rotatable bonds is 10. The molecule has 2 atom stereocenters. The molecule has 0 bridgehead atoms. The summed E-state index contributed by atoms with van der Waals surface area (Å²) in [6, 6.07) is 8.41. The van der Waals surface area contributed by atoms with Crippen LogP contribution in [-0.2, 0) is 25.6 Å². The van der Waals surface area contributed by atoms with Gasteiger partial charge in [0.2, 0.25) is 5.91 Å². The summed E-state index contributed by atoms with van der Waals surface area (Å²) in [5.41, 5.74) is 0.836. The number of aliphatic hydroxyl groups is 1. The number of carbonyl (C=O) groups excluding carboxylic acids is 4. The average Bonchev–Trinajstić information content (AvgIpc) is 3.50. The van der Waals surface area contributed by atoms with Gasteiger partial charge in [-0.15, -0.1) is 0 Å². The van der Waals surface area contributed by atoms with Crippen LogP contribution < -0.4 is 5.32 Å². The quantitative estimate of drug-likeness (QED) is 0.616. The monoisotopic (exact) mass is 409 g/mol. The highest BCUT2D eigenvalue weighted by atomic mass is 16.3. The lowest BCUT2D eigenvalue weighted by Gasteiger charge is -2.22. The molecule has 2 unspecified atom stereocenters. The van der Waals surface area contributed by atoms with Crippen molar-refractivity contribution in [3.63, 3.8) is 0 Å². The molecule has 0 spiro atoms. The summed E-state index contributed by atoms with van der Waals surface area (Å²) in [4.78, 5) is 49.8. The molecular weight excluding hydrogens is 382 g/mol. The van der Waals surface area contributed by atoms with Gasteiger partial charge in [-0.2, -0.15) is 0 Å². The Morgan fingerprint density at radius 3 is 2.47 bits per heavy atom. The van der Waals surface area contributed by atoms with Crippen LogP contribution in [-0.4, -0.2) is 41.0 Å². The molecule has 1 amide bonds. The Morgan fingerprint density at radius 2 is 1.87 bits per heavy atom. The maximum atomic E-state index is 13.0. The summed E-state index contributed by atoms with van der Waals surface area (Å²) < 4.78 is 0. The van der Waals surface area contributed by atoms with Crippen molar-refractivity contribution in [2.24, 2.45) is 11.3 Å². The summed E-state index contributed by atoms with van der Waals surface area (Å²) in [6.45, 7) is 1.36. The zero-order valence-corrected chi connectivity index (χ0v) is 17.1. The van der Waals surface area contributed by atoms with Crippen molar-refractivity contribution in [2.75, 3.05) is 6.61 Å². The Labute approximate surface area is 176 Å². The lowest BCUT2D eigenvalue weighted by Crippen LogP contribution is -2.45. The molecule has 6 nitrogen and oxygen atoms in total.